The fourth-order valence-electron chi connectivity index (χ4n) is 3.08. The van der Waals surface area contributed by atoms with E-state index in [4.69, 9.17) is 0 Å². The molecule has 2 aromatic heterocycles. The van der Waals surface area contributed by atoms with Crippen molar-refractivity contribution in [3.8, 4) is 11.3 Å². The lowest BCUT2D eigenvalue weighted by molar-refractivity contribution is 0.590. The van der Waals surface area contributed by atoms with Crippen LogP contribution in [0.15, 0.2) is 48.8 Å². The van der Waals surface area contributed by atoms with Gasteiger partial charge in [-0.2, -0.15) is 0 Å². The number of thiophene rings is 1. The molecular weight excluding hydrogens is 312 g/mol. The number of benzene rings is 2. The second kappa shape index (κ2) is 5.38. The van der Waals surface area contributed by atoms with Crippen LogP contribution in [-0.4, -0.2) is 9.97 Å². The van der Waals surface area contributed by atoms with Crippen LogP contribution in [0.25, 0.3) is 31.6 Å². The molecule has 0 N–H and O–H groups in total. The molecule has 2 aromatic carbocycles. The van der Waals surface area contributed by atoms with Crippen molar-refractivity contribution >= 4 is 31.6 Å². The van der Waals surface area contributed by atoms with Crippen LogP contribution in [0.1, 0.15) is 31.9 Å². The molecule has 0 spiro atoms. The average molecular weight is 332 g/mol. The third-order valence-electron chi connectivity index (χ3n) is 4.37. The number of fused-ring (bicyclic) bond motifs is 3. The second-order valence-electron chi connectivity index (χ2n) is 7.34. The molecule has 0 aliphatic carbocycles. The molecule has 0 radical (unpaired) electrons. The quantitative estimate of drug-likeness (QED) is 0.420. The van der Waals surface area contributed by atoms with Crippen molar-refractivity contribution in [2.24, 2.45) is 0 Å². The normalized spacial score (nSPS) is 12.2. The van der Waals surface area contributed by atoms with E-state index in [1.54, 1.807) is 17.7 Å². The highest BCUT2D eigenvalue weighted by Gasteiger charge is 2.17. The zero-order valence-electron chi connectivity index (χ0n) is 14.4. The monoisotopic (exact) mass is 332 g/mol. The maximum absolute atomic E-state index is 4.64. The number of rotatable bonds is 1. The Labute approximate surface area is 146 Å². The van der Waals surface area contributed by atoms with Crippen molar-refractivity contribution in [1.29, 1.82) is 0 Å². The molecule has 0 unspecified atom stereocenters. The van der Waals surface area contributed by atoms with Crippen molar-refractivity contribution < 1.29 is 0 Å². The van der Waals surface area contributed by atoms with Gasteiger partial charge in [-0.1, -0.05) is 50.6 Å². The van der Waals surface area contributed by atoms with Crippen LogP contribution in [0, 0.1) is 6.92 Å². The largest absolute Gasteiger partial charge is 0.235 e. The molecule has 2 nitrogen and oxygen atoms in total. The topological polar surface area (TPSA) is 25.8 Å². The first-order valence-corrected chi connectivity index (χ1v) is 9.00. The maximum atomic E-state index is 4.64. The average Bonchev–Trinajstić information content (AvgIpc) is 2.92. The Kier molecular flexibility index (Phi) is 3.43. The van der Waals surface area contributed by atoms with E-state index < -0.39 is 0 Å². The van der Waals surface area contributed by atoms with Gasteiger partial charge in [0.2, 0.25) is 0 Å². The molecule has 0 aliphatic rings. The molecule has 4 rings (SSSR count). The molecule has 120 valence electrons. The predicted molar refractivity (Wildman–Crippen MR) is 104 cm³/mol. The van der Waals surface area contributed by atoms with Gasteiger partial charge in [-0.05, 0) is 36.1 Å². The summed E-state index contributed by atoms with van der Waals surface area (Å²) in [4.78, 5) is 9.18. The number of aromatic nitrogens is 2. The van der Waals surface area contributed by atoms with Crippen molar-refractivity contribution in [2.75, 3.05) is 0 Å². The standard InChI is InChI=1S/C21H20N2S/c1-13-9-14(11-15(10-13)21(2,3)4)18-20-19(23-12-22-18)16-7-5-6-8-17(16)24-20/h5-12H,1-4H3. The minimum Gasteiger partial charge on any atom is -0.235 e. The number of aryl methyl sites for hydroxylation is 1. The first kappa shape index (κ1) is 15.3. The summed E-state index contributed by atoms with van der Waals surface area (Å²) in [6.07, 6.45) is 1.69. The van der Waals surface area contributed by atoms with Gasteiger partial charge in [-0.15, -0.1) is 11.3 Å². The van der Waals surface area contributed by atoms with Gasteiger partial charge in [0.05, 0.1) is 15.9 Å². The summed E-state index contributed by atoms with van der Waals surface area (Å²) in [6.45, 7) is 8.91. The highest BCUT2D eigenvalue weighted by molar-refractivity contribution is 7.26. The lowest BCUT2D eigenvalue weighted by Crippen LogP contribution is -2.11. The summed E-state index contributed by atoms with van der Waals surface area (Å²) in [6, 6.07) is 15.2. The molecule has 0 atom stereocenters. The SMILES string of the molecule is Cc1cc(-c2ncnc3c2sc2ccccc23)cc(C(C)(C)C)c1. The van der Waals surface area contributed by atoms with Crippen LogP contribution in [0.5, 0.6) is 0 Å². The van der Waals surface area contributed by atoms with Crippen molar-refractivity contribution in [3.05, 3.63) is 59.9 Å². The van der Waals surface area contributed by atoms with Gasteiger partial charge in [-0.3, -0.25) is 0 Å². The molecule has 2 heterocycles. The van der Waals surface area contributed by atoms with Crippen LogP contribution >= 0.6 is 11.3 Å². The Balaban J connectivity index is 2.02. The number of hydrogen-bond acceptors (Lipinski definition) is 3. The molecule has 24 heavy (non-hydrogen) atoms. The minimum atomic E-state index is 0.118. The zero-order chi connectivity index (χ0) is 16.9. The van der Waals surface area contributed by atoms with E-state index in [2.05, 4.69) is 80.1 Å². The van der Waals surface area contributed by atoms with E-state index in [9.17, 15) is 0 Å². The Hall–Kier alpha value is -2.26. The van der Waals surface area contributed by atoms with Crippen molar-refractivity contribution in [2.45, 2.75) is 33.1 Å². The Bertz CT molecular complexity index is 1050. The van der Waals surface area contributed by atoms with Crippen molar-refractivity contribution in [3.63, 3.8) is 0 Å². The molecule has 3 heteroatoms. The van der Waals surface area contributed by atoms with E-state index in [1.807, 2.05) is 0 Å². The molecule has 0 fully saturated rings. The van der Waals surface area contributed by atoms with Crippen LogP contribution in [0.3, 0.4) is 0 Å². The Morgan fingerprint density at radius 2 is 1.75 bits per heavy atom. The summed E-state index contributed by atoms with van der Waals surface area (Å²) in [5, 5.41) is 1.21. The smallest absolute Gasteiger partial charge is 0.116 e. The van der Waals surface area contributed by atoms with Gasteiger partial charge in [0.1, 0.15) is 6.33 Å². The third-order valence-corrected chi connectivity index (χ3v) is 5.54. The molecule has 0 amide bonds. The first-order chi connectivity index (χ1) is 11.4. The van der Waals surface area contributed by atoms with Gasteiger partial charge in [0.15, 0.2) is 0 Å². The summed E-state index contributed by atoms with van der Waals surface area (Å²) in [5.41, 5.74) is 6.00. The van der Waals surface area contributed by atoms with E-state index >= 15 is 0 Å². The van der Waals surface area contributed by atoms with Crippen molar-refractivity contribution in [1.82, 2.24) is 9.97 Å². The van der Waals surface area contributed by atoms with E-state index in [-0.39, 0.29) is 5.41 Å². The van der Waals surface area contributed by atoms with Gasteiger partial charge in [0, 0.05) is 15.6 Å². The second-order valence-corrected chi connectivity index (χ2v) is 8.39. The van der Waals surface area contributed by atoms with Crippen LogP contribution < -0.4 is 0 Å². The summed E-state index contributed by atoms with van der Waals surface area (Å²) >= 11 is 1.78. The zero-order valence-corrected chi connectivity index (χ0v) is 15.2. The third kappa shape index (κ3) is 2.49. The fraction of sp³-hybridized carbons (Fsp3) is 0.238. The summed E-state index contributed by atoms with van der Waals surface area (Å²) in [7, 11) is 0. The van der Waals surface area contributed by atoms with Gasteiger partial charge < -0.3 is 0 Å². The highest BCUT2D eigenvalue weighted by Crippen LogP contribution is 2.38. The number of nitrogens with zero attached hydrogens (tertiary/aromatic N) is 2. The van der Waals surface area contributed by atoms with E-state index in [0.717, 1.165) is 11.2 Å². The van der Waals surface area contributed by atoms with E-state index in [0.29, 0.717) is 0 Å². The molecule has 0 saturated carbocycles. The van der Waals surface area contributed by atoms with Crippen LogP contribution in [0.2, 0.25) is 0 Å². The fourth-order valence-corrected chi connectivity index (χ4v) is 4.25. The van der Waals surface area contributed by atoms with Crippen LogP contribution in [-0.2, 0) is 5.41 Å². The Morgan fingerprint density at radius 3 is 2.54 bits per heavy atom. The number of hydrogen-bond donors (Lipinski definition) is 0. The molecular formula is C21H20N2S. The molecule has 4 aromatic rings. The van der Waals surface area contributed by atoms with Gasteiger partial charge in [-0.25, -0.2) is 9.97 Å². The minimum absolute atomic E-state index is 0.118. The summed E-state index contributed by atoms with van der Waals surface area (Å²) < 4.78 is 2.43. The van der Waals surface area contributed by atoms with Crippen LogP contribution in [0.4, 0.5) is 0 Å². The van der Waals surface area contributed by atoms with Gasteiger partial charge >= 0.3 is 0 Å². The van der Waals surface area contributed by atoms with Gasteiger partial charge in [0.25, 0.3) is 0 Å². The predicted octanol–water partition coefficient (Wildman–Crippen LogP) is 6.12. The summed E-state index contributed by atoms with van der Waals surface area (Å²) in [5.74, 6) is 0. The molecule has 0 bridgehead atoms. The maximum Gasteiger partial charge on any atom is 0.116 e. The lowest BCUT2D eigenvalue weighted by Gasteiger charge is -2.20. The molecule has 0 saturated heterocycles. The van der Waals surface area contributed by atoms with E-state index in [1.165, 1.54) is 31.5 Å². The lowest BCUT2D eigenvalue weighted by atomic mass is 9.85. The molecule has 0 aliphatic heterocycles. The first-order valence-electron chi connectivity index (χ1n) is 8.18. The highest BCUT2D eigenvalue weighted by atomic mass is 32.1. The Morgan fingerprint density at radius 1 is 0.958 bits per heavy atom.